The zero-order valence-electron chi connectivity index (χ0n) is 18.6. The molecular formula is C25H32N2O4. The first-order chi connectivity index (χ1) is 15.0. The minimum absolute atomic E-state index is 0.0504. The molecule has 0 bridgehead atoms. The molecule has 0 unspecified atom stereocenters. The van der Waals surface area contributed by atoms with Gasteiger partial charge in [0.1, 0.15) is 19.3 Å². The van der Waals surface area contributed by atoms with Crippen molar-refractivity contribution in [2.75, 3.05) is 13.2 Å². The highest BCUT2D eigenvalue weighted by molar-refractivity contribution is 5.87. The highest BCUT2D eigenvalue weighted by atomic mass is 16.6. The van der Waals surface area contributed by atoms with Gasteiger partial charge in [0.2, 0.25) is 11.8 Å². The normalized spacial score (nSPS) is 14.4. The quantitative estimate of drug-likeness (QED) is 0.666. The van der Waals surface area contributed by atoms with Gasteiger partial charge in [0.25, 0.3) is 0 Å². The van der Waals surface area contributed by atoms with Crippen molar-refractivity contribution in [3.63, 3.8) is 0 Å². The van der Waals surface area contributed by atoms with E-state index in [4.69, 9.17) is 9.47 Å². The van der Waals surface area contributed by atoms with Crippen LogP contribution >= 0.6 is 0 Å². The Kier molecular flexibility index (Phi) is 7.93. The van der Waals surface area contributed by atoms with Crippen LogP contribution in [-0.4, -0.2) is 42.0 Å². The SMILES string of the molecule is CC[C@@H](C)NC(=O)[C@@H](C)N(Cc1ccccc1)C(=O)CCc1ccc2c(c1)OCCO2. The molecular weight excluding hydrogens is 392 g/mol. The van der Waals surface area contributed by atoms with Crippen molar-refractivity contribution >= 4 is 11.8 Å². The number of nitrogens with zero attached hydrogens (tertiary/aromatic N) is 1. The second-order valence-corrected chi connectivity index (χ2v) is 7.98. The van der Waals surface area contributed by atoms with E-state index in [1.165, 1.54) is 0 Å². The van der Waals surface area contributed by atoms with Crippen molar-refractivity contribution in [3.8, 4) is 11.5 Å². The fourth-order valence-corrected chi connectivity index (χ4v) is 3.47. The van der Waals surface area contributed by atoms with Crippen LogP contribution in [0.2, 0.25) is 0 Å². The summed E-state index contributed by atoms with van der Waals surface area (Å²) in [6, 6.07) is 15.1. The average molecular weight is 425 g/mol. The summed E-state index contributed by atoms with van der Waals surface area (Å²) >= 11 is 0. The van der Waals surface area contributed by atoms with Gasteiger partial charge in [-0.25, -0.2) is 0 Å². The number of hydrogen-bond donors (Lipinski definition) is 1. The fraction of sp³-hybridized carbons (Fsp3) is 0.440. The maximum Gasteiger partial charge on any atom is 0.242 e. The lowest BCUT2D eigenvalue weighted by Gasteiger charge is -2.30. The third kappa shape index (κ3) is 6.23. The van der Waals surface area contributed by atoms with E-state index in [0.29, 0.717) is 32.6 Å². The Balaban J connectivity index is 1.69. The minimum Gasteiger partial charge on any atom is -0.486 e. The van der Waals surface area contributed by atoms with Crippen LogP contribution in [0.4, 0.5) is 0 Å². The summed E-state index contributed by atoms with van der Waals surface area (Å²) in [5.74, 6) is 1.28. The molecule has 0 aromatic heterocycles. The Morgan fingerprint density at radius 1 is 1.00 bits per heavy atom. The lowest BCUT2D eigenvalue weighted by molar-refractivity contribution is -0.140. The van der Waals surface area contributed by atoms with Gasteiger partial charge in [-0.1, -0.05) is 43.3 Å². The molecule has 2 amide bonds. The summed E-state index contributed by atoms with van der Waals surface area (Å²) in [6.07, 6.45) is 1.73. The molecule has 166 valence electrons. The van der Waals surface area contributed by atoms with E-state index < -0.39 is 6.04 Å². The number of amides is 2. The van der Waals surface area contributed by atoms with Crippen LogP contribution in [-0.2, 0) is 22.6 Å². The molecule has 0 fully saturated rings. The second kappa shape index (κ2) is 10.8. The van der Waals surface area contributed by atoms with Crippen molar-refractivity contribution < 1.29 is 19.1 Å². The number of ether oxygens (including phenoxy) is 2. The zero-order valence-corrected chi connectivity index (χ0v) is 18.6. The lowest BCUT2D eigenvalue weighted by Crippen LogP contribution is -2.49. The van der Waals surface area contributed by atoms with Crippen molar-refractivity contribution in [2.45, 2.75) is 58.7 Å². The monoisotopic (exact) mass is 424 g/mol. The molecule has 2 atom stereocenters. The number of rotatable bonds is 9. The number of carbonyl (C=O) groups excluding carboxylic acids is 2. The van der Waals surface area contributed by atoms with Gasteiger partial charge in [0.05, 0.1) is 0 Å². The standard InChI is InChI=1S/C25H32N2O4/c1-4-18(2)26-25(29)19(3)27(17-21-8-6-5-7-9-21)24(28)13-11-20-10-12-22-23(16-20)31-15-14-30-22/h5-10,12,16,18-19H,4,11,13-15,17H2,1-3H3,(H,26,29)/t18-,19-/m1/s1. The first-order valence-corrected chi connectivity index (χ1v) is 11.0. The van der Waals surface area contributed by atoms with Crippen LogP contribution < -0.4 is 14.8 Å². The molecule has 1 N–H and O–H groups in total. The molecule has 2 aromatic carbocycles. The number of aryl methyl sites for hydroxylation is 1. The Morgan fingerprint density at radius 2 is 1.71 bits per heavy atom. The number of carbonyl (C=O) groups is 2. The summed E-state index contributed by atoms with van der Waals surface area (Å²) in [7, 11) is 0. The second-order valence-electron chi connectivity index (χ2n) is 7.98. The van der Waals surface area contributed by atoms with Gasteiger partial charge in [-0.3, -0.25) is 9.59 Å². The Labute approximate surface area is 184 Å². The van der Waals surface area contributed by atoms with Gasteiger partial charge >= 0.3 is 0 Å². The molecule has 6 nitrogen and oxygen atoms in total. The largest absolute Gasteiger partial charge is 0.486 e. The maximum atomic E-state index is 13.2. The number of benzene rings is 2. The van der Waals surface area contributed by atoms with E-state index in [0.717, 1.165) is 29.0 Å². The Morgan fingerprint density at radius 3 is 2.42 bits per heavy atom. The predicted molar refractivity (Wildman–Crippen MR) is 120 cm³/mol. The molecule has 31 heavy (non-hydrogen) atoms. The van der Waals surface area contributed by atoms with E-state index in [1.54, 1.807) is 11.8 Å². The molecule has 0 saturated carbocycles. The zero-order chi connectivity index (χ0) is 22.2. The first-order valence-electron chi connectivity index (χ1n) is 11.0. The number of hydrogen-bond acceptors (Lipinski definition) is 4. The summed E-state index contributed by atoms with van der Waals surface area (Å²) < 4.78 is 11.2. The van der Waals surface area contributed by atoms with Gasteiger partial charge in [-0.05, 0) is 49.9 Å². The van der Waals surface area contributed by atoms with Crippen molar-refractivity contribution in [3.05, 3.63) is 59.7 Å². The average Bonchev–Trinajstić information content (AvgIpc) is 2.80. The third-order valence-electron chi connectivity index (χ3n) is 5.60. The van der Waals surface area contributed by atoms with Crippen LogP contribution in [0, 0.1) is 0 Å². The van der Waals surface area contributed by atoms with E-state index in [-0.39, 0.29) is 17.9 Å². The van der Waals surface area contributed by atoms with Crippen LogP contribution in [0.1, 0.15) is 44.7 Å². The van der Waals surface area contributed by atoms with Crippen molar-refractivity contribution in [2.24, 2.45) is 0 Å². The molecule has 1 aliphatic rings. The van der Waals surface area contributed by atoms with Gasteiger partial charge in [0, 0.05) is 19.0 Å². The highest BCUT2D eigenvalue weighted by Gasteiger charge is 2.26. The van der Waals surface area contributed by atoms with E-state index in [1.807, 2.05) is 62.4 Å². The maximum absolute atomic E-state index is 13.2. The van der Waals surface area contributed by atoms with Crippen molar-refractivity contribution in [1.29, 1.82) is 0 Å². The summed E-state index contributed by atoms with van der Waals surface area (Å²) in [6.45, 7) is 7.27. The minimum atomic E-state index is -0.554. The summed E-state index contributed by atoms with van der Waals surface area (Å²) in [5.41, 5.74) is 2.01. The summed E-state index contributed by atoms with van der Waals surface area (Å²) in [5, 5.41) is 3.00. The van der Waals surface area contributed by atoms with Gasteiger partial charge in [-0.15, -0.1) is 0 Å². The predicted octanol–water partition coefficient (Wildman–Crippen LogP) is 3.72. The Hall–Kier alpha value is -3.02. The van der Waals surface area contributed by atoms with E-state index in [2.05, 4.69) is 5.32 Å². The third-order valence-corrected chi connectivity index (χ3v) is 5.60. The molecule has 1 heterocycles. The topological polar surface area (TPSA) is 67.9 Å². The highest BCUT2D eigenvalue weighted by Crippen LogP contribution is 2.31. The molecule has 1 aliphatic heterocycles. The molecule has 0 spiro atoms. The van der Waals surface area contributed by atoms with Gasteiger partial charge in [0.15, 0.2) is 11.5 Å². The smallest absolute Gasteiger partial charge is 0.242 e. The lowest BCUT2D eigenvalue weighted by atomic mass is 10.1. The Bertz CT molecular complexity index is 884. The van der Waals surface area contributed by atoms with Gasteiger partial charge < -0.3 is 19.7 Å². The first kappa shape index (κ1) is 22.7. The van der Waals surface area contributed by atoms with E-state index >= 15 is 0 Å². The fourth-order valence-electron chi connectivity index (χ4n) is 3.47. The summed E-state index contributed by atoms with van der Waals surface area (Å²) in [4.78, 5) is 27.6. The molecule has 0 radical (unpaired) electrons. The molecule has 0 aliphatic carbocycles. The van der Waals surface area contributed by atoms with Crippen LogP contribution in [0.25, 0.3) is 0 Å². The van der Waals surface area contributed by atoms with Crippen molar-refractivity contribution in [1.82, 2.24) is 10.2 Å². The molecule has 2 aromatic rings. The number of nitrogens with one attached hydrogen (secondary N) is 1. The number of fused-ring (bicyclic) bond motifs is 1. The van der Waals surface area contributed by atoms with E-state index in [9.17, 15) is 9.59 Å². The van der Waals surface area contributed by atoms with Crippen LogP contribution in [0.3, 0.4) is 0 Å². The molecule has 0 saturated heterocycles. The van der Waals surface area contributed by atoms with Crippen LogP contribution in [0.5, 0.6) is 11.5 Å². The molecule has 6 heteroatoms. The molecule has 3 rings (SSSR count). The van der Waals surface area contributed by atoms with Crippen LogP contribution in [0.15, 0.2) is 48.5 Å². The van der Waals surface area contributed by atoms with Gasteiger partial charge in [-0.2, -0.15) is 0 Å².